The second-order valence-corrected chi connectivity index (χ2v) is 10.1. The van der Waals surface area contributed by atoms with Gasteiger partial charge >= 0.3 is 5.97 Å². The van der Waals surface area contributed by atoms with Crippen molar-refractivity contribution >= 4 is 32.5 Å². The molecule has 1 atom stereocenters. The molecule has 2 aromatic heterocycles. The molecule has 1 aliphatic rings. The van der Waals surface area contributed by atoms with Gasteiger partial charge in [0.2, 0.25) is 0 Å². The number of carbonyl (C=O) groups is 1. The molecule has 1 N–H and O–H groups in total. The summed E-state index contributed by atoms with van der Waals surface area (Å²) in [4.78, 5) is 26.5. The average molecular weight is 459 g/mol. The molecule has 0 radical (unpaired) electrons. The van der Waals surface area contributed by atoms with Crippen molar-refractivity contribution in [2.45, 2.75) is 25.6 Å². The van der Waals surface area contributed by atoms with Crippen LogP contribution in [0.1, 0.15) is 30.0 Å². The Labute approximate surface area is 186 Å². The molecule has 1 fully saturated rings. The number of benzene rings is 1. The largest absolute Gasteiger partial charge is 0.461 e. The van der Waals surface area contributed by atoms with E-state index in [0.29, 0.717) is 49.4 Å². The van der Waals surface area contributed by atoms with Crippen molar-refractivity contribution in [1.82, 2.24) is 15.0 Å². The minimum atomic E-state index is -3.27. The molecule has 0 unspecified atom stereocenters. The summed E-state index contributed by atoms with van der Waals surface area (Å²) in [5.41, 5.74) is 2.32. The lowest BCUT2D eigenvalue weighted by Gasteiger charge is -2.34. The topological polar surface area (TPSA) is 114 Å². The van der Waals surface area contributed by atoms with E-state index in [1.165, 1.54) is 6.26 Å². The second kappa shape index (κ2) is 8.87. The Morgan fingerprint density at radius 2 is 2.09 bits per heavy atom. The first-order valence-corrected chi connectivity index (χ1v) is 12.5. The molecular weight excluding hydrogens is 432 g/mol. The fraction of sp³-hybridized carbons (Fsp3) is 0.409. The number of fused-ring (bicyclic) bond motifs is 1. The van der Waals surface area contributed by atoms with Gasteiger partial charge in [-0.2, -0.15) is 0 Å². The number of sulfone groups is 1. The highest BCUT2D eigenvalue weighted by Crippen LogP contribution is 2.27. The molecule has 170 valence electrons. The summed E-state index contributed by atoms with van der Waals surface area (Å²) in [7, 11) is -3.27. The number of hydrogen-bond donors (Lipinski definition) is 1. The fourth-order valence-electron chi connectivity index (χ4n) is 3.76. The number of esters is 1. The van der Waals surface area contributed by atoms with Crippen LogP contribution in [-0.4, -0.2) is 68.0 Å². The fourth-order valence-corrected chi connectivity index (χ4v) is 4.45. The van der Waals surface area contributed by atoms with Crippen LogP contribution in [0.5, 0.6) is 0 Å². The number of hydrogen-bond acceptors (Lipinski definition) is 8. The lowest BCUT2D eigenvalue weighted by Crippen LogP contribution is -2.44. The summed E-state index contributed by atoms with van der Waals surface area (Å²) in [6, 6.07) is 9.14. The molecule has 9 nitrogen and oxygen atoms in total. The molecule has 1 aromatic carbocycles. The van der Waals surface area contributed by atoms with Crippen molar-refractivity contribution in [3.8, 4) is 11.4 Å². The SMILES string of the molecule is CCOC(=O)c1cc2cc(-c3nc(CS(C)(=O)=O)cc(N4CCOC[C@@H]4C)n3)ccc2[nH]1. The van der Waals surface area contributed by atoms with E-state index in [9.17, 15) is 13.2 Å². The lowest BCUT2D eigenvalue weighted by molar-refractivity contribution is 0.0520. The Morgan fingerprint density at radius 3 is 2.81 bits per heavy atom. The maximum absolute atomic E-state index is 12.0. The monoisotopic (exact) mass is 458 g/mol. The third-order valence-electron chi connectivity index (χ3n) is 5.21. The predicted octanol–water partition coefficient (Wildman–Crippen LogP) is 2.57. The summed E-state index contributed by atoms with van der Waals surface area (Å²) in [5, 5.41) is 0.809. The van der Waals surface area contributed by atoms with Crippen LogP contribution < -0.4 is 4.90 Å². The summed E-state index contributed by atoms with van der Waals surface area (Å²) in [5.74, 6) is 0.514. The van der Waals surface area contributed by atoms with Gasteiger partial charge in [0.1, 0.15) is 11.5 Å². The van der Waals surface area contributed by atoms with E-state index in [0.717, 1.165) is 16.5 Å². The molecule has 1 aliphatic heterocycles. The number of aromatic nitrogens is 3. The Kier molecular flexibility index (Phi) is 6.16. The molecule has 0 bridgehead atoms. The van der Waals surface area contributed by atoms with E-state index in [1.807, 2.05) is 25.1 Å². The Bertz CT molecular complexity index is 1250. The summed E-state index contributed by atoms with van der Waals surface area (Å²) < 4.78 is 34.5. The molecule has 0 saturated carbocycles. The molecule has 32 heavy (non-hydrogen) atoms. The van der Waals surface area contributed by atoms with E-state index in [4.69, 9.17) is 14.5 Å². The number of aromatic amines is 1. The standard InChI is InChI=1S/C22H26N4O5S/c1-4-31-22(27)19-10-16-9-15(5-6-18(16)24-19)21-23-17(13-32(3,28)29)11-20(25-21)26-7-8-30-12-14(26)2/h5-6,9-11,14,24H,4,7-8,12-13H2,1-3H3/t14-/m0/s1. The van der Waals surface area contributed by atoms with Gasteiger partial charge in [0.05, 0.1) is 37.3 Å². The van der Waals surface area contributed by atoms with Crippen molar-refractivity contribution in [3.63, 3.8) is 0 Å². The Hall–Kier alpha value is -2.98. The van der Waals surface area contributed by atoms with Gasteiger partial charge in [-0.05, 0) is 38.1 Å². The second-order valence-electron chi connectivity index (χ2n) is 7.93. The van der Waals surface area contributed by atoms with Gasteiger partial charge in [0.25, 0.3) is 0 Å². The molecule has 0 amide bonds. The van der Waals surface area contributed by atoms with E-state index >= 15 is 0 Å². The molecule has 0 aliphatic carbocycles. The van der Waals surface area contributed by atoms with Crippen molar-refractivity contribution in [2.24, 2.45) is 0 Å². The van der Waals surface area contributed by atoms with Gasteiger partial charge in [-0.25, -0.2) is 23.2 Å². The first-order valence-electron chi connectivity index (χ1n) is 10.4. The Balaban J connectivity index is 1.77. The number of morpholine rings is 1. The van der Waals surface area contributed by atoms with Crippen molar-refractivity contribution in [3.05, 3.63) is 41.7 Å². The molecule has 0 spiro atoms. The summed E-state index contributed by atoms with van der Waals surface area (Å²) in [6.45, 7) is 5.91. The highest BCUT2D eigenvalue weighted by atomic mass is 32.2. The van der Waals surface area contributed by atoms with Gasteiger partial charge in [-0.1, -0.05) is 0 Å². The number of H-pyrrole nitrogens is 1. The van der Waals surface area contributed by atoms with E-state index in [2.05, 4.69) is 14.9 Å². The van der Waals surface area contributed by atoms with Crippen molar-refractivity contribution < 1.29 is 22.7 Å². The van der Waals surface area contributed by atoms with Crippen LogP contribution in [0.25, 0.3) is 22.3 Å². The van der Waals surface area contributed by atoms with Gasteiger partial charge in [-0.15, -0.1) is 0 Å². The van der Waals surface area contributed by atoms with Crippen LogP contribution in [0, 0.1) is 0 Å². The number of ether oxygens (including phenoxy) is 2. The van der Waals surface area contributed by atoms with Crippen LogP contribution in [0.15, 0.2) is 30.3 Å². The number of nitrogens with zero attached hydrogens (tertiary/aromatic N) is 3. The average Bonchev–Trinajstić information content (AvgIpc) is 3.16. The zero-order valence-electron chi connectivity index (χ0n) is 18.3. The normalized spacial score (nSPS) is 17.0. The highest BCUT2D eigenvalue weighted by Gasteiger charge is 2.23. The summed E-state index contributed by atoms with van der Waals surface area (Å²) in [6.07, 6.45) is 1.19. The first kappa shape index (κ1) is 22.2. The quantitative estimate of drug-likeness (QED) is 0.561. The third-order valence-corrected chi connectivity index (χ3v) is 6.03. The maximum Gasteiger partial charge on any atom is 0.354 e. The number of carbonyl (C=O) groups excluding carboxylic acids is 1. The molecule has 1 saturated heterocycles. The van der Waals surface area contributed by atoms with Crippen LogP contribution in [-0.2, 0) is 25.1 Å². The third kappa shape index (κ3) is 4.91. The van der Waals surface area contributed by atoms with Gasteiger partial charge in [0, 0.05) is 35.3 Å². The van der Waals surface area contributed by atoms with E-state index < -0.39 is 15.8 Å². The molecule has 4 rings (SSSR count). The van der Waals surface area contributed by atoms with Gasteiger partial charge in [0.15, 0.2) is 15.7 Å². The minimum Gasteiger partial charge on any atom is -0.461 e. The van der Waals surface area contributed by atoms with Crippen molar-refractivity contribution in [1.29, 1.82) is 0 Å². The zero-order chi connectivity index (χ0) is 22.9. The Morgan fingerprint density at radius 1 is 1.28 bits per heavy atom. The van der Waals surface area contributed by atoms with E-state index in [-0.39, 0.29) is 11.8 Å². The molecular formula is C22H26N4O5S. The summed E-state index contributed by atoms with van der Waals surface area (Å²) >= 11 is 0. The minimum absolute atomic E-state index is 0.108. The van der Waals surface area contributed by atoms with E-state index in [1.54, 1.807) is 19.1 Å². The highest BCUT2D eigenvalue weighted by molar-refractivity contribution is 7.89. The smallest absolute Gasteiger partial charge is 0.354 e. The first-order chi connectivity index (χ1) is 15.2. The number of nitrogens with one attached hydrogen (secondary N) is 1. The maximum atomic E-state index is 12.0. The van der Waals surface area contributed by atoms with Crippen LogP contribution in [0.3, 0.4) is 0 Å². The molecule has 3 aromatic rings. The van der Waals surface area contributed by atoms with Gasteiger partial charge in [-0.3, -0.25) is 0 Å². The van der Waals surface area contributed by atoms with Crippen LogP contribution in [0.2, 0.25) is 0 Å². The number of rotatable bonds is 6. The lowest BCUT2D eigenvalue weighted by atomic mass is 10.1. The zero-order valence-corrected chi connectivity index (χ0v) is 19.1. The molecule has 3 heterocycles. The number of anilines is 1. The van der Waals surface area contributed by atoms with Crippen molar-refractivity contribution in [2.75, 3.05) is 37.5 Å². The van der Waals surface area contributed by atoms with Crippen LogP contribution >= 0.6 is 0 Å². The predicted molar refractivity (Wildman–Crippen MR) is 121 cm³/mol. The van der Waals surface area contributed by atoms with Crippen LogP contribution in [0.4, 0.5) is 5.82 Å². The van der Waals surface area contributed by atoms with Gasteiger partial charge < -0.3 is 19.4 Å². The molecule has 10 heteroatoms.